The maximum atomic E-state index is 12.4. The average Bonchev–Trinajstić information content (AvgIpc) is 3.29. The molecule has 0 aliphatic carbocycles. The average molecular weight is 590 g/mol. The molecule has 0 aliphatic heterocycles. The summed E-state index contributed by atoms with van der Waals surface area (Å²) in [6.07, 6.45) is 4.73. The lowest BCUT2D eigenvalue weighted by atomic mass is 9.92. The lowest BCUT2D eigenvalue weighted by Crippen LogP contribution is -2.17. The molecule has 7 heteroatoms. The quantitative estimate of drug-likeness (QED) is 0.161. The van der Waals surface area contributed by atoms with Gasteiger partial charge in [-0.05, 0) is 108 Å². The predicted molar refractivity (Wildman–Crippen MR) is 152 cm³/mol. The number of carbonyl (C=O) groups excluding carboxylic acids is 1. The zero-order chi connectivity index (χ0) is 26.0. The predicted octanol–water partition coefficient (Wildman–Crippen LogP) is 6.12. The molecule has 1 amide bonds. The molecule has 1 heterocycles. The first-order valence-electron chi connectivity index (χ1n) is 11.7. The minimum absolute atomic E-state index is 0.0394. The van der Waals surface area contributed by atoms with E-state index in [9.17, 15) is 9.90 Å². The van der Waals surface area contributed by atoms with E-state index in [-0.39, 0.29) is 16.9 Å². The Balaban J connectivity index is 1.60. The molecule has 0 bridgehead atoms. The number of hydrogen-bond donors (Lipinski definition) is 2. The second-order valence-electron chi connectivity index (χ2n) is 8.77. The second kappa shape index (κ2) is 10.5. The molecule has 0 fully saturated rings. The first-order chi connectivity index (χ1) is 17.3. The molecular formula is C29H27IN4O2. The van der Waals surface area contributed by atoms with Crippen LogP contribution in [0.2, 0.25) is 0 Å². The number of amides is 1. The third kappa shape index (κ3) is 4.73. The molecule has 0 unspecified atom stereocenters. The molecule has 0 saturated carbocycles. The highest BCUT2D eigenvalue weighted by Crippen LogP contribution is 2.30. The molecule has 0 radical (unpaired) electrons. The summed E-state index contributed by atoms with van der Waals surface area (Å²) < 4.78 is 3.59. The van der Waals surface area contributed by atoms with Crippen molar-refractivity contribution in [1.82, 2.24) is 9.99 Å². The van der Waals surface area contributed by atoms with Crippen molar-refractivity contribution in [2.24, 2.45) is 5.10 Å². The maximum Gasteiger partial charge on any atom is 0.271 e. The molecule has 1 aromatic heterocycles. The third-order valence-electron chi connectivity index (χ3n) is 6.75. The van der Waals surface area contributed by atoms with Gasteiger partial charge in [-0.3, -0.25) is 4.79 Å². The summed E-state index contributed by atoms with van der Waals surface area (Å²) >= 11 is 2.47. The SMILES string of the molecule is CCc1c(C)c(I)c(C)c(Cn2ccc3c(/C=N/NC(=O)c4ccc(O)c(C#N)c4)cccc32)c1C. The number of rotatable bonds is 6. The van der Waals surface area contributed by atoms with Gasteiger partial charge < -0.3 is 9.67 Å². The van der Waals surface area contributed by atoms with Gasteiger partial charge >= 0.3 is 0 Å². The number of fused-ring (bicyclic) bond motifs is 1. The van der Waals surface area contributed by atoms with Gasteiger partial charge in [0.15, 0.2) is 0 Å². The van der Waals surface area contributed by atoms with Gasteiger partial charge in [-0.2, -0.15) is 10.4 Å². The largest absolute Gasteiger partial charge is 0.507 e. The number of aromatic nitrogens is 1. The smallest absolute Gasteiger partial charge is 0.271 e. The molecule has 4 rings (SSSR count). The number of nitrogens with zero attached hydrogens (tertiary/aromatic N) is 3. The monoisotopic (exact) mass is 590 g/mol. The van der Waals surface area contributed by atoms with Crippen LogP contribution in [0.5, 0.6) is 5.75 Å². The zero-order valence-electron chi connectivity index (χ0n) is 20.7. The highest BCUT2D eigenvalue weighted by Gasteiger charge is 2.16. The van der Waals surface area contributed by atoms with Crippen LogP contribution in [0.3, 0.4) is 0 Å². The van der Waals surface area contributed by atoms with Crippen LogP contribution in [0.25, 0.3) is 10.9 Å². The number of phenols is 1. The Morgan fingerprint density at radius 2 is 1.89 bits per heavy atom. The number of aromatic hydroxyl groups is 1. The van der Waals surface area contributed by atoms with Gasteiger partial charge in [0.25, 0.3) is 5.91 Å². The fourth-order valence-corrected chi connectivity index (χ4v) is 5.37. The van der Waals surface area contributed by atoms with Crippen LogP contribution in [-0.2, 0) is 13.0 Å². The molecule has 182 valence electrons. The minimum atomic E-state index is -0.459. The summed E-state index contributed by atoms with van der Waals surface area (Å²) in [5.41, 5.74) is 11.6. The maximum absolute atomic E-state index is 12.4. The first kappa shape index (κ1) is 25.5. The van der Waals surface area contributed by atoms with E-state index in [0.29, 0.717) is 0 Å². The molecule has 2 N–H and O–H groups in total. The van der Waals surface area contributed by atoms with Crippen molar-refractivity contribution in [1.29, 1.82) is 5.26 Å². The molecule has 36 heavy (non-hydrogen) atoms. The molecule has 0 aliphatic rings. The standard InChI is InChI=1S/C29H27IN4O2/c1-5-23-17(2)25(19(4)28(30)18(23)3)16-34-12-11-24-21(7-6-8-26(24)34)15-32-33-29(36)20-9-10-27(35)22(13-20)14-31/h6-13,15,35H,5,16H2,1-4H3,(H,33,36)/b32-15+. The van der Waals surface area contributed by atoms with Crippen LogP contribution in [0.15, 0.2) is 53.8 Å². The van der Waals surface area contributed by atoms with Gasteiger partial charge in [0.1, 0.15) is 11.8 Å². The first-order valence-corrected chi connectivity index (χ1v) is 12.8. The molecule has 6 nitrogen and oxygen atoms in total. The van der Waals surface area contributed by atoms with Crippen LogP contribution < -0.4 is 5.43 Å². The summed E-state index contributed by atoms with van der Waals surface area (Å²) in [6.45, 7) is 9.64. The van der Waals surface area contributed by atoms with E-state index in [1.807, 2.05) is 18.2 Å². The molecule has 4 aromatic rings. The second-order valence-corrected chi connectivity index (χ2v) is 9.84. The topological polar surface area (TPSA) is 90.4 Å². The number of benzene rings is 3. The van der Waals surface area contributed by atoms with E-state index in [0.717, 1.165) is 29.4 Å². The van der Waals surface area contributed by atoms with Crippen molar-refractivity contribution in [2.75, 3.05) is 0 Å². The van der Waals surface area contributed by atoms with Gasteiger partial charge in [-0.15, -0.1) is 0 Å². The normalized spacial score (nSPS) is 11.2. The highest BCUT2D eigenvalue weighted by molar-refractivity contribution is 14.1. The zero-order valence-corrected chi connectivity index (χ0v) is 22.8. The van der Waals surface area contributed by atoms with Gasteiger partial charge in [0, 0.05) is 38.3 Å². The van der Waals surface area contributed by atoms with Crippen LogP contribution in [0.4, 0.5) is 0 Å². The fourth-order valence-electron chi connectivity index (χ4n) is 4.72. The van der Waals surface area contributed by atoms with Crippen molar-refractivity contribution in [3.8, 4) is 11.8 Å². The summed E-state index contributed by atoms with van der Waals surface area (Å²) in [5, 5.41) is 23.9. The van der Waals surface area contributed by atoms with Gasteiger partial charge in [0.2, 0.25) is 0 Å². The lowest BCUT2D eigenvalue weighted by Gasteiger charge is -2.20. The number of phenolic OH excluding ortho intramolecular Hbond substituents is 1. The van der Waals surface area contributed by atoms with Gasteiger partial charge in [0.05, 0.1) is 11.8 Å². The number of nitriles is 1. The van der Waals surface area contributed by atoms with E-state index in [4.69, 9.17) is 5.26 Å². The number of hydrazone groups is 1. The molecule has 0 saturated heterocycles. The summed E-state index contributed by atoms with van der Waals surface area (Å²) in [5.74, 6) is -0.621. The Kier molecular flexibility index (Phi) is 7.45. The summed E-state index contributed by atoms with van der Waals surface area (Å²) in [4.78, 5) is 12.4. The summed E-state index contributed by atoms with van der Waals surface area (Å²) in [7, 11) is 0. The Morgan fingerprint density at radius 3 is 2.61 bits per heavy atom. The van der Waals surface area contributed by atoms with E-state index in [2.05, 4.69) is 83.7 Å². The van der Waals surface area contributed by atoms with Crippen LogP contribution >= 0.6 is 22.6 Å². The lowest BCUT2D eigenvalue weighted by molar-refractivity contribution is 0.0955. The van der Waals surface area contributed by atoms with E-state index < -0.39 is 5.91 Å². The molecule has 0 spiro atoms. The molecule has 0 atom stereocenters. The van der Waals surface area contributed by atoms with Crippen LogP contribution in [0, 0.1) is 35.7 Å². The number of hydrogen-bond acceptors (Lipinski definition) is 4. The Bertz CT molecular complexity index is 1560. The number of halogens is 1. The van der Waals surface area contributed by atoms with Gasteiger partial charge in [-0.25, -0.2) is 5.43 Å². The van der Waals surface area contributed by atoms with Gasteiger partial charge in [-0.1, -0.05) is 19.1 Å². The van der Waals surface area contributed by atoms with Crippen LogP contribution in [-0.4, -0.2) is 21.8 Å². The third-order valence-corrected chi connectivity index (χ3v) is 8.37. The van der Waals surface area contributed by atoms with Crippen molar-refractivity contribution in [2.45, 2.75) is 40.7 Å². The Morgan fingerprint density at radius 1 is 1.14 bits per heavy atom. The van der Waals surface area contributed by atoms with E-state index in [1.165, 1.54) is 49.6 Å². The highest BCUT2D eigenvalue weighted by atomic mass is 127. The van der Waals surface area contributed by atoms with Crippen molar-refractivity contribution < 1.29 is 9.90 Å². The van der Waals surface area contributed by atoms with Crippen molar-refractivity contribution in [3.63, 3.8) is 0 Å². The fraction of sp³-hybridized carbons (Fsp3) is 0.207. The Hall–Kier alpha value is -3.64. The van der Waals surface area contributed by atoms with Crippen molar-refractivity contribution in [3.05, 3.63) is 96.7 Å². The molecule has 3 aromatic carbocycles. The van der Waals surface area contributed by atoms with Crippen LogP contribution in [0.1, 0.15) is 56.2 Å². The summed E-state index contributed by atoms with van der Waals surface area (Å²) in [6, 6.07) is 14.1. The number of nitrogens with one attached hydrogen (secondary N) is 1. The Labute approximate surface area is 224 Å². The molecular weight excluding hydrogens is 563 g/mol. The van der Waals surface area contributed by atoms with Crippen molar-refractivity contribution >= 4 is 45.6 Å². The minimum Gasteiger partial charge on any atom is -0.507 e. The number of carbonyl (C=O) groups is 1. The van der Waals surface area contributed by atoms with E-state index >= 15 is 0 Å². The van der Waals surface area contributed by atoms with E-state index in [1.54, 1.807) is 6.21 Å².